The molecule has 2 aromatic heterocycles. The van der Waals surface area contributed by atoms with Crippen LogP contribution in [0, 0.1) is 25.5 Å². The first-order chi connectivity index (χ1) is 9.93. The zero-order valence-corrected chi connectivity index (χ0v) is 12.0. The van der Waals surface area contributed by atoms with Crippen molar-refractivity contribution < 1.29 is 8.78 Å². The molecule has 0 unspecified atom stereocenters. The predicted molar refractivity (Wildman–Crippen MR) is 76.3 cm³/mol. The SMILES string of the molecule is CCn1nc(C)c2nc(N)n(-c3cc(F)c(C)cc3F)c21. The average molecular weight is 291 g/mol. The van der Waals surface area contributed by atoms with Crippen molar-refractivity contribution in [3.63, 3.8) is 0 Å². The molecule has 0 saturated carbocycles. The number of aryl methyl sites for hydroxylation is 3. The second kappa shape index (κ2) is 4.54. The summed E-state index contributed by atoms with van der Waals surface area (Å²) in [6.45, 7) is 5.80. The van der Waals surface area contributed by atoms with Gasteiger partial charge in [-0.1, -0.05) is 0 Å². The Morgan fingerprint density at radius 1 is 1.19 bits per heavy atom. The Bertz CT molecular complexity index is 847. The predicted octanol–water partition coefficient (Wildman–Crippen LogP) is 2.72. The molecule has 3 rings (SSSR count). The van der Waals surface area contributed by atoms with Gasteiger partial charge in [-0.15, -0.1) is 0 Å². The Hall–Kier alpha value is -2.44. The van der Waals surface area contributed by atoms with E-state index in [0.29, 0.717) is 23.4 Å². The van der Waals surface area contributed by atoms with E-state index in [-0.39, 0.29) is 17.2 Å². The minimum absolute atomic E-state index is 0.0349. The lowest BCUT2D eigenvalue weighted by molar-refractivity contribution is 0.584. The summed E-state index contributed by atoms with van der Waals surface area (Å²) in [5.74, 6) is -0.941. The Labute approximate surface area is 120 Å². The summed E-state index contributed by atoms with van der Waals surface area (Å²) in [6, 6.07) is 2.28. The number of aromatic nitrogens is 4. The third-order valence-electron chi connectivity index (χ3n) is 3.51. The van der Waals surface area contributed by atoms with Gasteiger partial charge < -0.3 is 5.73 Å². The number of nitrogen functional groups attached to an aromatic ring is 1. The molecule has 0 bridgehead atoms. The normalized spacial score (nSPS) is 11.5. The quantitative estimate of drug-likeness (QED) is 0.789. The molecule has 0 aliphatic rings. The van der Waals surface area contributed by atoms with Crippen LogP contribution < -0.4 is 5.73 Å². The molecule has 2 heterocycles. The third kappa shape index (κ3) is 1.88. The van der Waals surface area contributed by atoms with Gasteiger partial charge in [-0.05, 0) is 32.4 Å². The molecule has 2 N–H and O–H groups in total. The molecule has 21 heavy (non-hydrogen) atoms. The summed E-state index contributed by atoms with van der Waals surface area (Å²) in [5, 5.41) is 4.33. The van der Waals surface area contributed by atoms with Crippen LogP contribution in [0.3, 0.4) is 0 Å². The maximum atomic E-state index is 14.2. The van der Waals surface area contributed by atoms with Crippen molar-refractivity contribution >= 4 is 17.1 Å². The lowest BCUT2D eigenvalue weighted by Gasteiger charge is -2.10. The number of hydrogen-bond donors (Lipinski definition) is 1. The first-order valence-electron chi connectivity index (χ1n) is 6.61. The summed E-state index contributed by atoms with van der Waals surface area (Å²) >= 11 is 0. The van der Waals surface area contributed by atoms with Gasteiger partial charge in [-0.3, -0.25) is 4.57 Å². The first kappa shape index (κ1) is 13.5. The Kier molecular flexibility index (Phi) is 2.93. The maximum absolute atomic E-state index is 14.2. The molecule has 0 fully saturated rings. The van der Waals surface area contributed by atoms with Crippen LogP contribution in [0.15, 0.2) is 12.1 Å². The van der Waals surface area contributed by atoms with Gasteiger partial charge >= 0.3 is 0 Å². The highest BCUT2D eigenvalue weighted by Gasteiger charge is 2.20. The van der Waals surface area contributed by atoms with Gasteiger partial charge in [0.2, 0.25) is 5.95 Å². The van der Waals surface area contributed by atoms with Gasteiger partial charge in [-0.2, -0.15) is 5.10 Å². The molecule has 110 valence electrons. The summed E-state index contributed by atoms with van der Waals surface area (Å²) < 4.78 is 31.1. The fraction of sp³-hybridized carbons (Fsp3) is 0.286. The number of benzene rings is 1. The monoisotopic (exact) mass is 291 g/mol. The molecule has 0 amide bonds. The summed E-state index contributed by atoms with van der Waals surface area (Å²) in [5.41, 5.74) is 8.03. The molecular weight excluding hydrogens is 276 g/mol. The first-order valence-corrected chi connectivity index (χ1v) is 6.61. The topological polar surface area (TPSA) is 61.7 Å². The molecule has 0 atom stereocenters. The number of anilines is 1. The molecule has 0 aliphatic carbocycles. The molecule has 0 radical (unpaired) electrons. The lowest BCUT2D eigenvalue weighted by Crippen LogP contribution is -2.08. The Morgan fingerprint density at radius 3 is 2.57 bits per heavy atom. The van der Waals surface area contributed by atoms with Crippen LogP contribution >= 0.6 is 0 Å². The van der Waals surface area contributed by atoms with Gasteiger partial charge in [0.1, 0.15) is 17.2 Å². The smallest absolute Gasteiger partial charge is 0.207 e. The minimum Gasteiger partial charge on any atom is -0.369 e. The molecule has 5 nitrogen and oxygen atoms in total. The van der Waals surface area contributed by atoms with E-state index in [4.69, 9.17) is 5.73 Å². The second-order valence-electron chi connectivity index (χ2n) is 4.93. The van der Waals surface area contributed by atoms with E-state index in [9.17, 15) is 8.78 Å². The largest absolute Gasteiger partial charge is 0.369 e. The molecule has 0 spiro atoms. The summed E-state index contributed by atoms with van der Waals surface area (Å²) in [4.78, 5) is 4.22. The van der Waals surface area contributed by atoms with E-state index in [1.54, 1.807) is 11.6 Å². The zero-order chi connectivity index (χ0) is 15.3. The van der Waals surface area contributed by atoms with Crippen LogP contribution in [0.4, 0.5) is 14.7 Å². The van der Waals surface area contributed by atoms with E-state index in [1.165, 1.54) is 11.5 Å². The van der Waals surface area contributed by atoms with Crippen LogP contribution in [-0.4, -0.2) is 19.3 Å². The standard InChI is InChI=1S/C14H15F2N5/c1-4-20-13-12(8(3)19-20)18-14(17)21(13)11-6-9(15)7(2)5-10(11)16/h5-6H,4H2,1-3H3,(H2,17,18). The second-order valence-corrected chi connectivity index (χ2v) is 4.93. The number of nitrogens with two attached hydrogens (primary N) is 1. The van der Waals surface area contributed by atoms with Crippen molar-refractivity contribution in [3.8, 4) is 5.69 Å². The van der Waals surface area contributed by atoms with E-state index in [1.807, 2.05) is 6.92 Å². The Morgan fingerprint density at radius 2 is 1.90 bits per heavy atom. The van der Waals surface area contributed by atoms with Crippen LogP contribution in [0.2, 0.25) is 0 Å². The fourth-order valence-corrected chi connectivity index (χ4v) is 2.45. The van der Waals surface area contributed by atoms with Crippen molar-refractivity contribution in [3.05, 3.63) is 35.0 Å². The van der Waals surface area contributed by atoms with Crippen molar-refractivity contribution in [2.45, 2.75) is 27.3 Å². The van der Waals surface area contributed by atoms with Crippen LogP contribution in [-0.2, 0) is 6.54 Å². The molecule has 1 aromatic carbocycles. The molecular formula is C14H15F2N5. The van der Waals surface area contributed by atoms with Gasteiger partial charge in [-0.25, -0.2) is 18.4 Å². The highest BCUT2D eigenvalue weighted by Crippen LogP contribution is 2.28. The van der Waals surface area contributed by atoms with Gasteiger partial charge in [0.05, 0.1) is 11.4 Å². The molecule has 0 saturated heterocycles. The van der Waals surface area contributed by atoms with Crippen molar-refractivity contribution in [2.24, 2.45) is 0 Å². The van der Waals surface area contributed by atoms with Crippen molar-refractivity contribution in [2.75, 3.05) is 5.73 Å². The lowest BCUT2D eigenvalue weighted by atomic mass is 10.2. The maximum Gasteiger partial charge on any atom is 0.207 e. The van der Waals surface area contributed by atoms with Gasteiger partial charge in [0.15, 0.2) is 5.65 Å². The van der Waals surface area contributed by atoms with Gasteiger partial charge in [0, 0.05) is 12.6 Å². The number of hydrogen-bond acceptors (Lipinski definition) is 3. The summed E-state index contributed by atoms with van der Waals surface area (Å²) in [7, 11) is 0. The third-order valence-corrected chi connectivity index (χ3v) is 3.51. The highest BCUT2D eigenvalue weighted by molar-refractivity contribution is 5.80. The number of imidazole rings is 1. The minimum atomic E-state index is -0.554. The van der Waals surface area contributed by atoms with E-state index < -0.39 is 11.6 Å². The number of nitrogens with zero attached hydrogens (tertiary/aromatic N) is 4. The highest BCUT2D eigenvalue weighted by atomic mass is 19.1. The van der Waals surface area contributed by atoms with Crippen molar-refractivity contribution in [1.82, 2.24) is 19.3 Å². The number of rotatable bonds is 2. The van der Waals surface area contributed by atoms with Crippen LogP contribution in [0.5, 0.6) is 0 Å². The number of fused-ring (bicyclic) bond motifs is 1. The zero-order valence-electron chi connectivity index (χ0n) is 12.0. The van der Waals surface area contributed by atoms with E-state index >= 15 is 0 Å². The summed E-state index contributed by atoms with van der Waals surface area (Å²) in [6.07, 6.45) is 0. The van der Waals surface area contributed by atoms with Crippen LogP contribution in [0.1, 0.15) is 18.2 Å². The van der Waals surface area contributed by atoms with Crippen LogP contribution in [0.25, 0.3) is 16.9 Å². The van der Waals surface area contributed by atoms with Crippen molar-refractivity contribution in [1.29, 1.82) is 0 Å². The average Bonchev–Trinajstić information content (AvgIpc) is 2.91. The fourth-order valence-electron chi connectivity index (χ4n) is 2.45. The Balaban J connectivity index is 2.40. The molecule has 3 aromatic rings. The molecule has 7 heteroatoms. The van der Waals surface area contributed by atoms with E-state index in [2.05, 4.69) is 10.1 Å². The molecule has 0 aliphatic heterocycles. The number of halogens is 2. The van der Waals surface area contributed by atoms with Gasteiger partial charge in [0.25, 0.3) is 0 Å². The van der Waals surface area contributed by atoms with E-state index in [0.717, 1.165) is 12.1 Å².